The number of piperidine rings is 1. The van der Waals surface area contributed by atoms with Gasteiger partial charge in [0.15, 0.2) is 5.65 Å². The molecular formula is C22H25N7O. The van der Waals surface area contributed by atoms with Crippen molar-refractivity contribution in [3.05, 3.63) is 46.5 Å². The zero-order valence-electron chi connectivity index (χ0n) is 17.4. The van der Waals surface area contributed by atoms with E-state index in [-0.39, 0.29) is 5.56 Å². The summed E-state index contributed by atoms with van der Waals surface area (Å²) in [4.78, 5) is 27.2. The third-order valence-electron chi connectivity index (χ3n) is 6.00. The molecule has 0 bridgehead atoms. The molecule has 2 N–H and O–H groups in total. The van der Waals surface area contributed by atoms with E-state index in [1.54, 1.807) is 4.68 Å². The van der Waals surface area contributed by atoms with E-state index in [1.807, 2.05) is 44.6 Å². The van der Waals surface area contributed by atoms with Gasteiger partial charge in [-0.2, -0.15) is 5.10 Å². The Balaban J connectivity index is 1.55. The number of hydrogen-bond donors (Lipinski definition) is 2. The number of H-pyrrole nitrogens is 1. The van der Waals surface area contributed by atoms with E-state index in [2.05, 4.69) is 37.3 Å². The summed E-state index contributed by atoms with van der Waals surface area (Å²) >= 11 is 0. The van der Waals surface area contributed by atoms with Crippen LogP contribution < -0.4 is 15.8 Å². The highest BCUT2D eigenvalue weighted by Crippen LogP contribution is 2.26. The number of nitrogens with one attached hydrogen (secondary N) is 2. The van der Waals surface area contributed by atoms with E-state index in [0.717, 1.165) is 53.6 Å². The lowest BCUT2D eigenvalue weighted by Gasteiger charge is -2.33. The van der Waals surface area contributed by atoms with Crippen molar-refractivity contribution in [3.63, 3.8) is 0 Å². The summed E-state index contributed by atoms with van der Waals surface area (Å²) in [5, 5.41) is 9.39. The van der Waals surface area contributed by atoms with Gasteiger partial charge in [-0.05, 0) is 56.6 Å². The van der Waals surface area contributed by atoms with Gasteiger partial charge < -0.3 is 15.2 Å². The van der Waals surface area contributed by atoms with Gasteiger partial charge in [-0.15, -0.1) is 0 Å². The molecule has 1 aromatic carbocycles. The molecule has 0 amide bonds. The molecule has 4 heterocycles. The van der Waals surface area contributed by atoms with Crippen LogP contribution in [0.5, 0.6) is 0 Å². The fourth-order valence-electron chi connectivity index (χ4n) is 4.31. The maximum atomic E-state index is 12.9. The van der Waals surface area contributed by atoms with Gasteiger partial charge in [0.05, 0.1) is 22.8 Å². The molecule has 8 nitrogen and oxygen atoms in total. The quantitative estimate of drug-likeness (QED) is 0.546. The zero-order valence-corrected chi connectivity index (χ0v) is 17.4. The molecule has 1 aliphatic heterocycles. The van der Waals surface area contributed by atoms with Crippen molar-refractivity contribution >= 4 is 27.6 Å². The number of nitrogens with zero attached hydrogens (tertiary/aromatic N) is 5. The van der Waals surface area contributed by atoms with Crippen molar-refractivity contribution in [2.45, 2.75) is 25.8 Å². The average molecular weight is 403 g/mol. The van der Waals surface area contributed by atoms with Crippen LogP contribution in [0.15, 0.2) is 35.4 Å². The number of pyridine rings is 1. The number of aromatic nitrogens is 5. The predicted molar refractivity (Wildman–Crippen MR) is 119 cm³/mol. The van der Waals surface area contributed by atoms with E-state index in [0.29, 0.717) is 22.9 Å². The van der Waals surface area contributed by atoms with Gasteiger partial charge in [0.1, 0.15) is 5.82 Å². The molecule has 1 saturated heterocycles. The van der Waals surface area contributed by atoms with E-state index >= 15 is 0 Å². The van der Waals surface area contributed by atoms with Crippen LogP contribution in [-0.2, 0) is 7.05 Å². The SMILES string of the molecule is Cc1cc(-c2nc3ncc(N(C)C4CCNCC4)cc3c(=O)[nH]2)cc2cn(C)nc12. The van der Waals surface area contributed by atoms with Crippen LogP contribution in [0.2, 0.25) is 0 Å². The number of aromatic amines is 1. The second-order valence-electron chi connectivity index (χ2n) is 8.11. The third-order valence-corrected chi connectivity index (χ3v) is 6.00. The Hall–Kier alpha value is -3.26. The minimum absolute atomic E-state index is 0.174. The molecule has 5 rings (SSSR count). The Kier molecular flexibility index (Phi) is 4.51. The summed E-state index contributed by atoms with van der Waals surface area (Å²) in [6.07, 6.45) is 5.94. The molecule has 1 fully saturated rings. The lowest BCUT2D eigenvalue weighted by atomic mass is 10.0. The second-order valence-corrected chi connectivity index (χ2v) is 8.11. The van der Waals surface area contributed by atoms with Gasteiger partial charge >= 0.3 is 0 Å². The maximum Gasteiger partial charge on any atom is 0.260 e. The molecule has 1 aliphatic rings. The molecule has 0 spiro atoms. The Bertz CT molecular complexity index is 1300. The monoisotopic (exact) mass is 403 g/mol. The number of rotatable bonds is 3. The van der Waals surface area contributed by atoms with Crippen LogP contribution in [0, 0.1) is 6.92 Å². The van der Waals surface area contributed by atoms with Crippen molar-refractivity contribution in [2.24, 2.45) is 7.05 Å². The normalized spacial score (nSPS) is 15.2. The molecular weight excluding hydrogens is 378 g/mol. The molecule has 8 heteroatoms. The smallest absolute Gasteiger partial charge is 0.260 e. The van der Waals surface area contributed by atoms with Crippen LogP contribution in [0.1, 0.15) is 18.4 Å². The zero-order chi connectivity index (χ0) is 20.8. The summed E-state index contributed by atoms with van der Waals surface area (Å²) in [6.45, 7) is 4.05. The number of aryl methyl sites for hydroxylation is 2. The first-order valence-electron chi connectivity index (χ1n) is 10.3. The predicted octanol–water partition coefficient (Wildman–Crippen LogP) is 2.37. The molecule has 0 saturated carbocycles. The van der Waals surface area contributed by atoms with Gasteiger partial charge in [0, 0.05) is 37.3 Å². The van der Waals surface area contributed by atoms with Crippen LogP contribution in [-0.4, -0.2) is 50.9 Å². The van der Waals surface area contributed by atoms with Gasteiger partial charge in [0.2, 0.25) is 0 Å². The van der Waals surface area contributed by atoms with E-state index < -0.39 is 0 Å². The lowest BCUT2D eigenvalue weighted by Crippen LogP contribution is -2.41. The van der Waals surface area contributed by atoms with Crippen LogP contribution in [0.3, 0.4) is 0 Å². The largest absolute Gasteiger partial charge is 0.370 e. The van der Waals surface area contributed by atoms with Crippen molar-refractivity contribution < 1.29 is 0 Å². The Morgan fingerprint density at radius 2 is 2.00 bits per heavy atom. The van der Waals surface area contributed by atoms with Crippen molar-refractivity contribution in [2.75, 3.05) is 25.0 Å². The lowest BCUT2D eigenvalue weighted by molar-refractivity contribution is 0.443. The summed E-state index contributed by atoms with van der Waals surface area (Å²) in [7, 11) is 3.97. The maximum absolute atomic E-state index is 12.9. The highest BCUT2D eigenvalue weighted by molar-refractivity contribution is 5.87. The van der Waals surface area contributed by atoms with E-state index in [9.17, 15) is 4.79 Å². The number of anilines is 1. The summed E-state index contributed by atoms with van der Waals surface area (Å²) in [5.74, 6) is 0.522. The van der Waals surface area contributed by atoms with Crippen LogP contribution in [0.25, 0.3) is 33.3 Å². The molecule has 0 radical (unpaired) electrons. The second kappa shape index (κ2) is 7.21. The van der Waals surface area contributed by atoms with Crippen molar-refractivity contribution in [3.8, 4) is 11.4 Å². The number of benzene rings is 1. The topological polar surface area (TPSA) is 91.7 Å². The minimum atomic E-state index is -0.174. The van der Waals surface area contributed by atoms with Gasteiger partial charge in [-0.1, -0.05) is 0 Å². The Morgan fingerprint density at radius 3 is 2.80 bits per heavy atom. The molecule has 4 aromatic rings. The van der Waals surface area contributed by atoms with Gasteiger partial charge in [-0.25, -0.2) is 9.97 Å². The van der Waals surface area contributed by atoms with Crippen LogP contribution >= 0.6 is 0 Å². The third kappa shape index (κ3) is 3.23. The summed E-state index contributed by atoms with van der Waals surface area (Å²) in [6, 6.07) is 6.35. The van der Waals surface area contributed by atoms with Gasteiger partial charge in [0.25, 0.3) is 5.56 Å². The molecule has 30 heavy (non-hydrogen) atoms. The fourth-order valence-corrected chi connectivity index (χ4v) is 4.31. The first-order chi connectivity index (χ1) is 14.5. The molecule has 154 valence electrons. The molecule has 0 unspecified atom stereocenters. The first-order valence-corrected chi connectivity index (χ1v) is 10.3. The first kappa shape index (κ1) is 18.7. The highest BCUT2D eigenvalue weighted by atomic mass is 16.1. The van der Waals surface area contributed by atoms with Crippen LogP contribution in [0.4, 0.5) is 5.69 Å². The van der Waals surface area contributed by atoms with Crippen molar-refractivity contribution in [1.82, 2.24) is 30.0 Å². The number of hydrogen-bond acceptors (Lipinski definition) is 6. The fraction of sp³-hybridized carbons (Fsp3) is 0.364. The standard InChI is InChI=1S/C22H25N7O/c1-13-8-14(9-15-12-28(2)27-19(13)15)20-25-21-18(22(30)26-20)10-17(11-24-21)29(3)16-4-6-23-7-5-16/h8-12,16,23H,4-7H2,1-3H3,(H,24,25,26,30). The van der Waals surface area contributed by atoms with E-state index in [4.69, 9.17) is 0 Å². The Morgan fingerprint density at radius 1 is 1.20 bits per heavy atom. The highest BCUT2D eigenvalue weighted by Gasteiger charge is 2.19. The number of fused-ring (bicyclic) bond motifs is 2. The van der Waals surface area contributed by atoms with Crippen molar-refractivity contribution in [1.29, 1.82) is 0 Å². The minimum Gasteiger partial charge on any atom is -0.370 e. The van der Waals surface area contributed by atoms with E-state index in [1.165, 1.54) is 0 Å². The summed E-state index contributed by atoms with van der Waals surface area (Å²) < 4.78 is 1.79. The Labute approximate surface area is 174 Å². The summed E-state index contributed by atoms with van der Waals surface area (Å²) in [5.41, 5.74) is 4.07. The molecule has 0 atom stereocenters. The average Bonchev–Trinajstić information content (AvgIpc) is 3.14. The molecule has 0 aliphatic carbocycles. The molecule has 3 aromatic heterocycles. The van der Waals surface area contributed by atoms with Gasteiger partial charge in [-0.3, -0.25) is 9.48 Å².